The smallest absolute Gasteiger partial charge is 0.0670 e. The Hall–Kier alpha value is -0.210. The van der Waals surface area contributed by atoms with Gasteiger partial charge in [-0.05, 0) is 29.3 Å². The quantitative estimate of drug-likeness (QED) is 0.565. The monoisotopic (exact) mass is 348 g/mol. The van der Waals surface area contributed by atoms with E-state index in [0.717, 1.165) is 16.7 Å². The minimum Gasteiger partial charge on any atom is -0.0876 e. The fourth-order valence-electron chi connectivity index (χ4n) is 1.65. The van der Waals surface area contributed by atoms with Gasteiger partial charge in [0.25, 0.3) is 0 Å². The summed E-state index contributed by atoms with van der Waals surface area (Å²) in [5, 5.41) is 2.55. The zero-order valence-electron chi connectivity index (χ0n) is 8.68. The van der Waals surface area contributed by atoms with E-state index in [0.29, 0.717) is 20.4 Å². The second-order valence-corrected chi connectivity index (χ2v) is 5.32. The van der Waals surface area contributed by atoms with Crippen LogP contribution in [0.4, 0.5) is 0 Å². The fourth-order valence-corrected chi connectivity index (χ4v) is 2.71. The molecule has 88 valence electrons. The molecule has 4 heteroatoms. The average molecular weight is 350 g/mol. The van der Waals surface area contributed by atoms with Crippen LogP contribution in [0, 0.1) is 0 Å². The number of benzene rings is 2. The van der Waals surface area contributed by atoms with Crippen LogP contribution in [0.15, 0.2) is 36.4 Å². The van der Waals surface area contributed by atoms with Crippen LogP contribution in [0.1, 0.15) is 5.56 Å². The van der Waals surface area contributed by atoms with Crippen molar-refractivity contribution in [2.75, 3.05) is 0 Å². The molecule has 0 aromatic heterocycles. The van der Waals surface area contributed by atoms with Gasteiger partial charge in [0, 0.05) is 15.9 Å². The van der Waals surface area contributed by atoms with Crippen LogP contribution in [-0.2, 0) is 5.33 Å². The summed E-state index contributed by atoms with van der Waals surface area (Å²) in [5.41, 5.74) is 3.05. The molecule has 0 saturated carbocycles. The van der Waals surface area contributed by atoms with Gasteiger partial charge in [-0.1, -0.05) is 68.9 Å². The Morgan fingerprint density at radius 2 is 1.71 bits per heavy atom. The van der Waals surface area contributed by atoms with Crippen molar-refractivity contribution in [2.24, 2.45) is 0 Å². The van der Waals surface area contributed by atoms with Crippen LogP contribution in [0.2, 0.25) is 15.1 Å². The van der Waals surface area contributed by atoms with Crippen LogP contribution in [0.3, 0.4) is 0 Å². The molecule has 0 spiro atoms. The van der Waals surface area contributed by atoms with E-state index in [1.54, 1.807) is 6.07 Å². The lowest BCUT2D eigenvalue weighted by Crippen LogP contribution is -1.87. The van der Waals surface area contributed by atoms with Crippen molar-refractivity contribution in [3.05, 3.63) is 57.0 Å². The lowest BCUT2D eigenvalue weighted by molar-refractivity contribution is 1.43. The summed E-state index contributed by atoms with van der Waals surface area (Å²) in [5.74, 6) is 0. The standard InChI is InChI=1S/C13H8BrCl3/c14-7-8-6-9(15)4-5-10(8)11-2-1-3-12(16)13(11)17/h1-6H,7H2. The number of alkyl halides is 1. The fraction of sp³-hybridized carbons (Fsp3) is 0.0769. The van der Waals surface area contributed by atoms with Crippen LogP contribution < -0.4 is 0 Å². The van der Waals surface area contributed by atoms with E-state index in [9.17, 15) is 0 Å². The van der Waals surface area contributed by atoms with Crippen molar-refractivity contribution in [1.82, 2.24) is 0 Å². The molecule has 0 saturated heterocycles. The Balaban J connectivity index is 2.64. The first kappa shape index (κ1) is 13.2. The van der Waals surface area contributed by atoms with Crippen LogP contribution >= 0.6 is 50.7 Å². The maximum atomic E-state index is 6.22. The van der Waals surface area contributed by atoms with Crippen molar-refractivity contribution in [1.29, 1.82) is 0 Å². The van der Waals surface area contributed by atoms with Crippen molar-refractivity contribution < 1.29 is 0 Å². The Morgan fingerprint density at radius 3 is 2.41 bits per heavy atom. The maximum absolute atomic E-state index is 6.22. The van der Waals surface area contributed by atoms with Gasteiger partial charge in [-0.2, -0.15) is 0 Å². The molecule has 0 atom stereocenters. The molecule has 0 heterocycles. The third kappa shape index (κ3) is 2.79. The molecule has 0 bridgehead atoms. The molecule has 0 aliphatic rings. The van der Waals surface area contributed by atoms with Gasteiger partial charge in [0.15, 0.2) is 0 Å². The first-order valence-electron chi connectivity index (χ1n) is 4.92. The molecule has 0 radical (unpaired) electrons. The van der Waals surface area contributed by atoms with Gasteiger partial charge >= 0.3 is 0 Å². The van der Waals surface area contributed by atoms with Crippen molar-refractivity contribution in [3.63, 3.8) is 0 Å². The molecule has 0 N–H and O–H groups in total. The predicted octanol–water partition coefficient (Wildman–Crippen LogP) is 6.21. The predicted molar refractivity (Wildman–Crippen MR) is 79.5 cm³/mol. The van der Waals surface area contributed by atoms with Crippen molar-refractivity contribution in [2.45, 2.75) is 5.33 Å². The molecule has 17 heavy (non-hydrogen) atoms. The molecule has 2 aromatic rings. The highest BCUT2D eigenvalue weighted by Gasteiger charge is 2.10. The second kappa shape index (κ2) is 5.62. The maximum Gasteiger partial charge on any atom is 0.0670 e. The molecule has 0 aliphatic carbocycles. The van der Waals surface area contributed by atoms with Crippen LogP contribution in [-0.4, -0.2) is 0 Å². The molecule has 2 rings (SSSR count). The van der Waals surface area contributed by atoms with Gasteiger partial charge in [-0.3, -0.25) is 0 Å². The molecular formula is C13H8BrCl3. The first-order chi connectivity index (χ1) is 8.13. The third-order valence-corrected chi connectivity index (χ3v) is 4.11. The number of hydrogen-bond donors (Lipinski definition) is 0. The van der Waals surface area contributed by atoms with Crippen LogP contribution in [0.5, 0.6) is 0 Å². The summed E-state index contributed by atoms with van der Waals surface area (Å²) in [6.45, 7) is 0. The van der Waals surface area contributed by atoms with E-state index < -0.39 is 0 Å². The summed E-state index contributed by atoms with van der Waals surface area (Å²) in [4.78, 5) is 0. The van der Waals surface area contributed by atoms with Crippen molar-refractivity contribution >= 4 is 50.7 Å². The van der Waals surface area contributed by atoms with Gasteiger partial charge in [-0.25, -0.2) is 0 Å². The molecule has 0 amide bonds. The Bertz CT molecular complexity index is 552. The minimum atomic E-state index is 0.555. The van der Waals surface area contributed by atoms with E-state index in [2.05, 4.69) is 15.9 Å². The summed E-state index contributed by atoms with van der Waals surface area (Å²) in [6, 6.07) is 11.3. The highest BCUT2D eigenvalue weighted by Crippen LogP contribution is 2.36. The highest BCUT2D eigenvalue weighted by molar-refractivity contribution is 9.08. The largest absolute Gasteiger partial charge is 0.0876 e. The molecule has 2 aromatic carbocycles. The van der Waals surface area contributed by atoms with Crippen LogP contribution in [0.25, 0.3) is 11.1 Å². The van der Waals surface area contributed by atoms with Crippen molar-refractivity contribution in [3.8, 4) is 11.1 Å². The molecular weight excluding hydrogens is 342 g/mol. The molecule has 0 unspecified atom stereocenters. The Kier molecular flexibility index (Phi) is 4.37. The van der Waals surface area contributed by atoms with Gasteiger partial charge in [0.05, 0.1) is 10.0 Å². The first-order valence-corrected chi connectivity index (χ1v) is 7.18. The Labute approximate surface area is 124 Å². The minimum absolute atomic E-state index is 0.555. The van der Waals surface area contributed by atoms with Gasteiger partial charge in [-0.15, -0.1) is 0 Å². The number of halogens is 4. The van der Waals surface area contributed by atoms with Gasteiger partial charge < -0.3 is 0 Å². The SMILES string of the molecule is Clc1ccc(-c2cccc(Cl)c2Cl)c(CBr)c1. The van der Waals surface area contributed by atoms with E-state index in [1.165, 1.54) is 0 Å². The lowest BCUT2D eigenvalue weighted by Gasteiger charge is -2.10. The summed E-state index contributed by atoms with van der Waals surface area (Å²) >= 11 is 21.7. The lowest BCUT2D eigenvalue weighted by atomic mass is 10.0. The van der Waals surface area contributed by atoms with E-state index in [-0.39, 0.29) is 0 Å². The molecule has 0 aliphatic heterocycles. The summed E-state index contributed by atoms with van der Waals surface area (Å²) in [7, 11) is 0. The third-order valence-electron chi connectivity index (χ3n) is 2.45. The van der Waals surface area contributed by atoms with Gasteiger partial charge in [0.2, 0.25) is 0 Å². The summed E-state index contributed by atoms with van der Waals surface area (Å²) < 4.78 is 0. The Morgan fingerprint density at radius 1 is 0.941 bits per heavy atom. The normalized spacial score (nSPS) is 10.6. The highest BCUT2D eigenvalue weighted by atomic mass is 79.9. The number of hydrogen-bond acceptors (Lipinski definition) is 0. The van der Waals surface area contributed by atoms with E-state index >= 15 is 0 Å². The topological polar surface area (TPSA) is 0 Å². The molecule has 0 nitrogen and oxygen atoms in total. The zero-order valence-corrected chi connectivity index (χ0v) is 12.5. The second-order valence-electron chi connectivity index (χ2n) is 3.54. The zero-order chi connectivity index (χ0) is 12.4. The molecule has 0 fully saturated rings. The van der Waals surface area contributed by atoms with Gasteiger partial charge in [0.1, 0.15) is 0 Å². The van der Waals surface area contributed by atoms with E-state index in [4.69, 9.17) is 34.8 Å². The van der Waals surface area contributed by atoms with E-state index in [1.807, 2.05) is 30.3 Å². The average Bonchev–Trinajstić information content (AvgIpc) is 2.33. The summed E-state index contributed by atoms with van der Waals surface area (Å²) in [6.07, 6.45) is 0. The number of rotatable bonds is 2.